The summed E-state index contributed by atoms with van der Waals surface area (Å²) < 4.78 is 12.0. The van der Waals surface area contributed by atoms with Gasteiger partial charge in [-0.1, -0.05) is 73.9 Å². The van der Waals surface area contributed by atoms with Crippen LogP contribution in [0.15, 0.2) is 34.1 Å². The normalized spacial score (nSPS) is 21.3. The Kier molecular flexibility index (Phi) is 18.2. The van der Waals surface area contributed by atoms with Crippen LogP contribution in [0, 0.1) is 18.3 Å². The van der Waals surface area contributed by atoms with Crippen molar-refractivity contribution in [1.82, 2.24) is 20.8 Å². The van der Waals surface area contributed by atoms with Gasteiger partial charge in [0.1, 0.15) is 35.9 Å². The molecule has 4 aliphatic heterocycles. The van der Waals surface area contributed by atoms with E-state index in [-0.39, 0.29) is 23.2 Å². The number of fused-ring (bicyclic) bond motifs is 3. The molecular weight excluding hydrogens is 773 g/mol. The van der Waals surface area contributed by atoms with Gasteiger partial charge in [0.2, 0.25) is 0 Å². The van der Waals surface area contributed by atoms with E-state index in [1.165, 1.54) is 36.9 Å². The second-order valence-electron chi connectivity index (χ2n) is 16.7. The van der Waals surface area contributed by atoms with Gasteiger partial charge in [0.05, 0.1) is 0 Å². The summed E-state index contributed by atoms with van der Waals surface area (Å²) in [7, 11) is 5.14. The Bertz CT molecular complexity index is 1470. The number of benzene rings is 2. The van der Waals surface area contributed by atoms with Crippen LogP contribution in [0.4, 0.5) is 0 Å². The summed E-state index contributed by atoms with van der Waals surface area (Å²) in [6, 6.07) is 8.89. The monoisotopic (exact) mass is 840 g/mol. The molecule has 0 bridgehead atoms. The Morgan fingerprint density at radius 1 is 0.927 bits per heavy atom. The van der Waals surface area contributed by atoms with Crippen LogP contribution in [0.5, 0.6) is 11.5 Å². The van der Waals surface area contributed by atoms with Gasteiger partial charge >= 0.3 is 0 Å². The minimum atomic E-state index is -0.548. The van der Waals surface area contributed by atoms with Crippen LogP contribution in [-0.2, 0) is 18.6 Å². The van der Waals surface area contributed by atoms with E-state index in [4.69, 9.17) is 9.47 Å². The Hall–Kier alpha value is -0.880. The molecule has 1 saturated heterocycles. The maximum Gasteiger partial charge on any atom is 0.130 e. The SMILES string of the molecule is CC.CCN(O)C(C)(C)CC(CNCC(O)C1Cc2cc3c(cc2O1)CSS3)C(C)(C)C.Cc1cc2c(cc1SS)CC(C(O)CNC1CCN(O)CC1)O2. The Balaban J connectivity index is 0.000000241. The maximum absolute atomic E-state index is 10.8. The summed E-state index contributed by atoms with van der Waals surface area (Å²) in [6.45, 7) is 22.7. The molecule has 0 amide bonds. The van der Waals surface area contributed by atoms with Crippen LogP contribution in [0.1, 0.15) is 96.9 Å². The summed E-state index contributed by atoms with van der Waals surface area (Å²) in [5, 5.41) is 50.5. The highest BCUT2D eigenvalue weighted by Crippen LogP contribution is 2.48. The maximum atomic E-state index is 10.8. The largest absolute Gasteiger partial charge is 0.487 e. The first-order chi connectivity index (χ1) is 26.1. The first-order valence-electron chi connectivity index (χ1n) is 20.0. The molecule has 4 heterocycles. The van der Waals surface area contributed by atoms with Gasteiger partial charge in [0.15, 0.2) is 0 Å². The third-order valence-corrected chi connectivity index (χ3v) is 14.7. The Morgan fingerprint density at radius 3 is 2.13 bits per heavy atom. The van der Waals surface area contributed by atoms with E-state index in [1.54, 1.807) is 0 Å². The number of hydroxylamine groups is 4. The summed E-state index contributed by atoms with van der Waals surface area (Å²) in [5.74, 6) is 3.21. The molecule has 55 heavy (non-hydrogen) atoms. The van der Waals surface area contributed by atoms with Gasteiger partial charge in [-0.25, -0.2) is 0 Å². The number of hydrogen-bond donors (Lipinski definition) is 7. The van der Waals surface area contributed by atoms with Crippen LogP contribution >= 0.6 is 44.0 Å². The molecule has 0 aliphatic carbocycles. The lowest BCUT2D eigenvalue weighted by Crippen LogP contribution is -2.47. The molecule has 0 saturated carbocycles. The van der Waals surface area contributed by atoms with Gasteiger partial charge in [-0.15, -0.1) is 11.7 Å². The van der Waals surface area contributed by atoms with Gasteiger partial charge in [-0.2, -0.15) is 10.1 Å². The van der Waals surface area contributed by atoms with Gasteiger partial charge in [-0.05, 0) is 104 Å². The minimum Gasteiger partial charge on any atom is -0.487 e. The van der Waals surface area contributed by atoms with Gasteiger partial charge in [0, 0.05) is 72.7 Å². The van der Waals surface area contributed by atoms with Crippen molar-refractivity contribution in [2.24, 2.45) is 11.3 Å². The average Bonchev–Trinajstić information content (AvgIpc) is 3.91. The molecular formula is C41H68N4O6S4. The number of aliphatic hydroxyl groups excluding tert-OH is 2. The zero-order valence-corrected chi connectivity index (χ0v) is 37.8. The van der Waals surface area contributed by atoms with E-state index in [9.17, 15) is 20.6 Å². The number of rotatable bonds is 14. The van der Waals surface area contributed by atoms with Crippen molar-refractivity contribution in [2.75, 3.05) is 39.3 Å². The molecule has 0 spiro atoms. The number of nitrogens with zero attached hydrogens (tertiary/aromatic N) is 2. The lowest BCUT2D eigenvalue weighted by molar-refractivity contribution is -0.167. The molecule has 0 radical (unpaired) electrons. The van der Waals surface area contributed by atoms with Crippen molar-refractivity contribution >= 4 is 44.0 Å². The van der Waals surface area contributed by atoms with Gasteiger partial charge < -0.3 is 40.7 Å². The molecule has 14 heteroatoms. The lowest BCUT2D eigenvalue weighted by atomic mass is 9.74. The number of ether oxygens (including phenoxy) is 2. The highest BCUT2D eigenvalue weighted by molar-refractivity contribution is 8.76. The Labute approximate surface area is 347 Å². The van der Waals surface area contributed by atoms with E-state index in [0.29, 0.717) is 44.7 Å². The second-order valence-corrected chi connectivity index (χ2v) is 20.2. The fourth-order valence-corrected chi connectivity index (χ4v) is 10.9. The van der Waals surface area contributed by atoms with Gasteiger partial charge in [-0.3, -0.25) is 0 Å². The zero-order valence-electron chi connectivity index (χ0n) is 34.4. The van der Waals surface area contributed by atoms with Crippen molar-refractivity contribution < 1.29 is 30.1 Å². The predicted molar refractivity (Wildman–Crippen MR) is 232 cm³/mol. The fraction of sp³-hybridized carbons (Fsp3) is 0.707. The van der Waals surface area contributed by atoms with Crippen molar-refractivity contribution in [2.45, 2.75) is 146 Å². The van der Waals surface area contributed by atoms with Gasteiger partial charge in [0.25, 0.3) is 0 Å². The first kappa shape index (κ1) is 46.8. The molecule has 6 N–H and O–H groups in total. The number of piperidine rings is 1. The summed E-state index contributed by atoms with van der Waals surface area (Å²) >= 11 is 4.28. The molecule has 5 unspecified atom stereocenters. The number of aliphatic hydroxyl groups is 2. The summed E-state index contributed by atoms with van der Waals surface area (Å²) in [4.78, 5) is 2.48. The van der Waals surface area contributed by atoms with E-state index in [2.05, 4.69) is 75.1 Å². The van der Waals surface area contributed by atoms with E-state index >= 15 is 0 Å². The van der Waals surface area contributed by atoms with E-state index in [0.717, 1.165) is 71.9 Å². The van der Waals surface area contributed by atoms with Crippen molar-refractivity contribution in [3.8, 4) is 11.5 Å². The Morgan fingerprint density at radius 2 is 1.53 bits per heavy atom. The first-order valence-corrected chi connectivity index (χ1v) is 24.2. The van der Waals surface area contributed by atoms with Crippen molar-refractivity contribution in [3.63, 3.8) is 0 Å². The standard InChI is InChI=1S/C23H38N2O3S2.C16H24N2O3S2.C2H6/c1-7-25(27)23(5,6)11-17(22(2,3)4)12-24-13-18(26)20-8-15-10-21-16(14-29-30-21)9-19(15)28-20;1-10-6-14-11(8-16(10)23-22)7-15(21-14)13(19)9-17-12-2-4-18(20)5-3-12;1-2/h9-10,17-18,20,24,26-27H,7-8,11-14H2,1-6H3;6,8,12-13,15,17,19-20,22H,2-5,7,9H2,1H3;1-2H3. The summed E-state index contributed by atoms with van der Waals surface area (Å²) in [6.07, 6.45) is 2.69. The van der Waals surface area contributed by atoms with Crippen LogP contribution in [0.25, 0.3) is 0 Å². The topological polar surface area (TPSA) is 130 Å². The van der Waals surface area contributed by atoms with E-state index in [1.807, 2.05) is 55.3 Å². The highest BCUT2D eigenvalue weighted by atomic mass is 33.1. The average molecular weight is 841 g/mol. The second kappa shape index (κ2) is 21.4. The van der Waals surface area contributed by atoms with Crippen LogP contribution < -0.4 is 20.1 Å². The number of nitrogens with one attached hydrogen (secondary N) is 2. The smallest absolute Gasteiger partial charge is 0.130 e. The van der Waals surface area contributed by atoms with E-state index < -0.39 is 12.2 Å². The molecule has 2 aromatic carbocycles. The fourth-order valence-electron chi connectivity index (χ4n) is 7.45. The molecule has 4 aliphatic rings. The van der Waals surface area contributed by atoms with Crippen LogP contribution in [-0.4, -0.2) is 106 Å². The highest BCUT2D eigenvalue weighted by Gasteiger charge is 2.36. The molecule has 1 fully saturated rings. The van der Waals surface area contributed by atoms with Crippen molar-refractivity contribution in [3.05, 3.63) is 46.5 Å². The van der Waals surface area contributed by atoms with Crippen LogP contribution in [0.3, 0.4) is 0 Å². The van der Waals surface area contributed by atoms with Crippen molar-refractivity contribution in [1.29, 1.82) is 0 Å². The third kappa shape index (κ3) is 13.1. The predicted octanol–water partition coefficient (Wildman–Crippen LogP) is 7.80. The molecule has 0 aromatic heterocycles. The number of aryl methyl sites for hydroxylation is 1. The molecule has 5 atom stereocenters. The number of thiol groups is 1. The zero-order chi connectivity index (χ0) is 40.5. The third-order valence-electron chi connectivity index (χ3n) is 11.1. The molecule has 312 valence electrons. The summed E-state index contributed by atoms with van der Waals surface area (Å²) in [5.41, 5.74) is 4.65. The molecule has 2 aromatic rings. The quantitative estimate of drug-likeness (QED) is 0.0569. The molecule has 6 rings (SSSR count). The lowest BCUT2D eigenvalue weighted by Gasteiger charge is -2.40. The molecule has 10 nitrogen and oxygen atoms in total. The van der Waals surface area contributed by atoms with Crippen LogP contribution in [0.2, 0.25) is 0 Å². The number of hydrogen-bond acceptors (Lipinski definition) is 14. The minimum absolute atomic E-state index is 0.0974.